The number of hydrogen-bond donors (Lipinski definition) is 1. The zero-order valence-corrected chi connectivity index (χ0v) is 13.7. The van der Waals surface area contributed by atoms with Crippen molar-refractivity contribution in [3.8, 4) is 0 Å². The molecule has 1 heterocycles. The van der Waals surface area contributed by atoms with Crippen LogP contribution in [0.3, 0.4) is 0 Å². The predicted molar refractivity (Wildman–Crippen MR) is 87.7 cm³/mol. The number of thiazole rings is 1. The van der Waals surface area contributed by atoms with Crippen molar-refractivity contribution in [1.29, 1.82) is 0 Å². The van der Waals surface area contributed by atoms with Gasteiger partial charge in [-0.3, -0.25) is 0 Å². The van der Waals surface area contributed by atoms with E-state index in [4.69, 9.17) is 16.6 Å². The normalized spacial score (nSPS) is 10.9. The molecule has 2 aromatic rings. The van der Waals surface area contributed by atoms with E-state index < -0.39 is 0 Å². The lowest BCUT2D eigenvalue weighted by Crippen LogP contribution is -2.11. The van der Waals surface area contributed by atoms with Crippen molar-refractivity contribution in [1.82, 2.24) is 10.3 Å². The minimum Gasteiger partial charge on any atom is -0.312 e. The number of aryl methyl sites for hydroxylation is 1. The van der Waals surface area contributed by atoms with Gasteiger partial charge in [-0.2, -0.15) is 0 Å². The minimum atomic E-state index is 0.792. The van der Waals surface area contributed by atoms with E-state index in [-0.39, 0.29) is 0 Å². The molecular weight excluding hydrogens is 288 g/mol. The van der Waals surface area contributed by atoms with Gasteiger partial charge in [0.05, 0.1) is 10.7 Å². The largest absolute Gasteiger partial charge is 0.312 e. The van der Waals surface area contributed by atoms with Crippen molar-refractivity contribution in [3.63, 3.8) is 0 Å². The van der Waals surface area contributed by atoms with Crippen LogP contribution in [0.15, 0.2) is 24.3 Å². The molecule has 0 radical (unpaired) electrons. The molecule has 0 aliphatic rings. The maximum absolute atomic E-state index is 6.04. The second-order valence-corrected chi connectivity index (χ2v) is 6.42. The summed E-state index contributed by atoms with van der Waals surface area (Å²) in [6.45, 7) is 6.26. The summed E-state index contributed by atoms with van der Waals surface area (Å²) in [5.74, 6) is 0. The van der Waals surface area contributed by atoms with E-state index in [1.54, 1.807) is 0 Å². The predicted octanol–water partition coefficient (Wildman–Crippen LogP) is 4.45. The van der Waals surface area contributed by atoms with Crippen molar-refractivity contribution in [2.75, 3.05) is 6.54 Å². The van der Waals surface area contributed by atoms with E-state index in [1.807, 2.05) is 29.5 Å². The first-order chi connectivity index (χ1) is 9.72. The second-order valence-electron chi connectivity index (χ2n) is 4.81. The van der Waals surface area contributed by atoms with Crippen LogP contribution in [0.25, 0.3) is 0 Å². The highest BCUT2D eigenvalue weighted by atomic mass is 35.5. The Balaban J connectivity index is 2.15. The SMILES string of the molecule is CCCc1nc(Cc2cccc(Cl)c2)sc1CNCC. The highest BCUT2D eigenvalue weighted by Crippen LogP contribution is 2.23. The van der Waals surface area contributed by atoms with Gasteiger partial charge in [-0.1, -0.05) is 44.0 Å². The molecule has 0 aliphatic heterocycles. The first-order valence-electron chi connectivity index (χ1n) is 7.15. The molecular formula is C16H21ClN2S. The number of aromatic nitrogens is 1. The van der Waals surface area contributed by atoms with Gasteiger partial charge in [0.15, 0.2) is 0 Å². The Morgan fingerprint density at radius 3 is 2.85 bits per heavy atom. The summed E-state index contributed by atoms with van der Waals surface area (Å²) in [5, 5.41) is 5.38. The molecule has 0 atom stereocenters. The van der Waals surface area contributed by atoms with E-state index in [9.17, 15) is 0 Å². The maximum Gasteiger partial charge on any atom is 0.0975 e. The van der Waals surface area contributed by atoms with Crippen LogP contribution in [0.1, 0.15) is 41.4 Å². The molecule has 1 aromatic heterocycles. The van der Waals surface area contributed by atoms with Crippen LogP contribution in [-0.2, 0) is 19.4 Å². The molecule has 0 fully saturated rings. The van der Waals surface area contributed by atoms with E-state index in [1.165, 1.54) is 21.1 Å². The van der Waals surface area contributed by atoms with Gasteiger partial charge in [0.25, 0.3) is 0 Å². The van der Waals surface area contributed by atoms with Crippen LogP contribution in [0, 0.1) is 0 Å². The molecule has 20 heavy (non-hydrogen) atoms. The van der Waals surface area contributed by atoms with Gasteiger partial charge in [-0.15, -0.1) is 11.3 Å². The maximum atomic E-state index is 6.04. The third-order valence-electron chi connectivity index (χ3n) is 3.09. The van der Waals surface area contributed by atoms with Crippen molar-refractivity contribution < 1.29 is 0 Å². The van der Waals surface area contributed by atoms with Crippen LogP contribution >= 0.6 is 22.9 Å². The molecule has 0 saturated heterocycles. The van der Waals surface area contributed by atoms with Crippen molar-refractivity contribution in [2.24, 2.45) is 0 Å². The molecule has 0 unspecified atom stereocenters. The van der Waals surface area contributed by atoms with Gasteiger partial charge in [-0.05, 0) is 30.7 Å². The standard InChI is InChI=1S/C16H21ClN2S/c1-3-6-14-15(11-18-4-2)20-16(19-14)10-12-7-5-8-13(17)9-12/h5,7-9,18H,3-4,6,10-11H2,1-2H3. The number of nitrogens with one attached hydrogen (secondary N) is 1. The van der Waals surface area contributed by atoms with Crippen molar-refractivity contribution in [3.05, 3.63) is 50.4 Å². The summed E-state index contributed by atoms with van der Waals surface area (Å²) in [4.78, 5) is 6.19. The zero-order valence-electron chi connectivity index (χ0n) is 12.1. The average molecular weight is 309 g/mol. The second kappa shape index (κ2) is 7.77. The Morgan fingerprint density at radius 1 is 1.30 bits per heavy atom. The fourth-order valence-electron chi connectivity index (χ4n) is 2.14. The van der Waals surface area contributed by atoms with Gasteiger partial charge >= 0.3 is 0 Å². The van der Waals surface area contributed by atoms with Gasteiger partial charge in [-0.25, -0.2) is 4.98 Å². The number of rotatable bonds is 7. The highest BCUT2D eigenvalue weighted by Gasteiger charge is 2.10. The van der Waals surface area contributed by atoms with Crippen molar-refractivity contribution >= 4 is 22.9 Å². The lowest BCUT2D eigenvalue weighted by Gasteiger charge is -2.00. The van der Waals surface area contributed by atoms with E-state index >= 15 is 0 Å². The Kier molecular flexibility index (Phi) is 6.02. The van der Waals surface area contributed by atoms with E-state index in [0.717, 1.165) is 37.4 Å². The number of hydrogen-bond acceptors (Lipinski definition) is 3. The highest BCUT2D eigenvalue weighted by molar-refractivity contribution is 7.11. The third kappa shape index (κ3) is 4.30. The molecule has 0 aliphatic carbocycles. The van der Waals surface area contributed by atoms with Gasteiger partial charge in [0.1, 0.15) is 0 Å². The Morgan fingerprint density at radius 2 is 2.15 bits per heavy atom. The fraction of sp³-hybridized carbons (Fsp3) is 0.438. The average Bonchev–Trinajstić information content (AvgIpc) is 2.79. The Labute approximate surface area is 130 Å². The molecule has 2 nitrogen and oxygen atoms in total. The molecule has 1 aromatic carbocycles. The summed E-state index contributed by atoms with van der Waals surface area (Å²) in [5.41, 5.74) is 2.49. The monoisotopic (exact) mass is 308 g/mol. The minimum absolute atomic E-state index is 0.792. The summed E-state index contributed by atoms with van der Waals surface area (Å²) in [7, 11) is 0. The molecule has 1 N–H and O–H groups in total. The topological polar surface area (TPSA) is 24.9 Å². The van der Waals surface area contributed by atoms with E-state index in [2.05, 4.69) is 25.2 Å². The zero-order chi connectivity index (χ0) is 14.4. The van der Waals surface area contributed by atoms with Crippen LogP contribution in [0.5, 0.6) is 0 Å². The van der Waals surface area contributed by atoms with Crippen LogP contribution in [0.4, 0.5) is 0 Å². The van der Waals surface area contributed by atoms with Gasteiger partial charge < -0.3 is 5.32 Å². The summed E-state index contributed by atoms with van der Waals surface area (Å²) in [6, 6.07) is 8.03. The molecule has 4 heteroatoms. The van der Waals surface area contributed by atoms with Crippen molar-refractivity contribution in [2.45, 2.75) is 39.7 Å². The van der Waals surface area contributed by atoms with Gasteiger partial charge in [0, 0.05) is 22.9 Å². The first kappa shape index (κ1) is 15.5. The molecule has 0 spiro atoms. The van der Waals surface area contributed by atoms with Crippen LogP contribution < -0.4 is 5.32 Å². The molecule has 0 amide bonds. The molecule has 0 saturated carbocycles. The first-order valence-corrected chi connectivity index (χ1v) is 8.35. The Hall–Kier alpha value is -0.900. The number of halogens is 1. The summed E-state index contributed by atoms with van der Waals surface area (Å²) in [6.07, 6.45) is 3.07. The van der Waals surface area contributed by atoms with E-state index in [0.29, 0.717) is 0 Å². The molecule has 2 rings (SSSR count). The number of nitrogens with zero attached hydrogens (tertiary/aromatic N) is 1. The fourth-order valence-corrected chi connectivity index (χ4v) is 3.47. The van der Waals surface area contributed by atoms with Crippen LogP contribution in [0.2, 0.25) is 5.02 Å². The quantitative estimate of drug-likeness (QED) is 0.817. The lowest BCUT2D eigenvalue weighted by atomic mass is 10.1. The summed E-state index contributed by atoms with van der Waals surface area (Å²) >= 11 is 7.86. The number of benzene rings is 1. The smallest absolute Gasteiger partial charge is 0.0975 e. The van der Waals surface area contributed by atoms with Gasteiger partial charge in [0.2, 0.25) is 0 Å². The summed E-state index contributed by atoms with van der Waals surface area (Å²) < 4.78 is 0. The third-order valence-corrected chi connectivity index (χ3v) is 4.42. The lowest BCUT2D eigenvalue weighted by molar-refractivity contribution is 0.723. The molecule has 0 bridgehead atoms. The molecule has 108 valence electrons. The van der Waals surface area contributed by atoms with Crippen LogP contribution in [-0.4, -0.2) is 11.5 Å². The Bertz CT molecular complexity index is 551.